The molecule has 1 spiro atoms. The molecule has 0 bridgehead atoms. The fourth-order valence-corrected chi connectivity index (χ4v) is 5.02. The summed E-state index contributed by atoms with van der Waals surface area (Å²) in [7, 11) is 0. The first-order valence-electron chi connectivity index (χ1n) is 11.1. The summed E-state index contributed by atoms with van der Waals surface area (Å²) in [6.07, 6.45) is 0.791. The summed E-state index contributed by atoms with van der Waals surface area (Å²) in [5.74, 6) is -0.192. The van der Waals surface area contributed by atoms with E-state index in [2.05, 4.69) is 10.2 Å². The van der Waals surface area contributed by atoms with E-state index in [1.807, 2.05) is 55.5 Å². The summed E-state index contributed by atoms with van der Waals surface area (Å²) in [4.78, 5) is 33.4. The normalized spacial score (nSPS) is 23.1. The molecule has 0 aliphatic carbocycles. The molecule has 1 atom stereocenters. The number of nitrogens with zero attached hydrogens (tertiary/aromatic N) is 3. The van der Waals surface area contributed by atoms with E-state index in [-0.39, 0.29) is 11.8 Å². The van der Waals surface area contributed by atoms with Crippen molar-refractivity contribution in [3.8, 4) is 0 Å². The van der Waals surface area contributed by atoms with Crippen molar-refractivity contribution >= 4 is 23.2 Å². The topological polar surface area (TPSA) is 65.1 Å². The molecule has 1 saturated heterocycles. The molecule has 3 heterocycles. The number of amides is 2. The number of ether oxygens (including phenoxy) is 1. The van der Waals surface area contributed by atoms with E-state index in [9.17, 15) is 9.59 Å². The first kappa shape index (κ1) is 20.0. The number of hydrogen-bond acceptors (Lipinski definition) is 5. The van der Waals surface area contributed by atoms with E-state index in [1.54, 1.807) is 9.80 Å². The van der Waals surface area contributed by atoms with E-state index < -0.39 is 5.66 Å². The first-order valence-corrected chi connectivity index (χ1v) is 11.1. The van der Waals surface area contributed by atoms with E-state index in [0.717, 1.165) is 50.5 Å². The smallest absolute Gasteiger partial charge is 0.278 e. The lowest BCUT2D eigenvalue weighted by Crippen LogP contribution is -2.62. The molecule has 5 rings (SSSR count). The van der Waals surface area contributed by atoms with Crippen LogP contribution in [0.3, 0.4) is 0 Å². The molecule has 3 aliphatic rings. The van der Waals surface area contributed by atoms with Gasteiger partial charge in [0.15, 0.2) is 0 Å². The van der Waals surface area contributed by atoms with Crippen molar-refractivity contribution < 1.29 is 14.3 Å². The first-order chi connectivity index (χ1) is 15.2. The zero-order valence-electron chi connectivity index (χ0n) is 17.8. The highest BCUT2D eigenvalue weighted by molar-refractivity contribution is 6.15. The second-order valence-corrected chi connectivity index (χ2v) is 8.21. The third-order valence-corrected chi connectivity index (χ3v) is 6.54. The van der Waals surface area contributed by atoms with Gasteiger partial charge in [0.2, 0.25) is 5.66 Å². The minimum absolute atomic E-state index is 0.0922. The number of rotatable bonds is 5. The molecule has 3 aliphatic heterocycles. The second-order valence-electron chi connectivity index (χ2n) is 8.21. The van der Waals surface area contributed by atoms with Crippen LogP contribution in [0.1, 0.15) is 29.3 Å². The molecular formula is C24H28N4O3. The average molecular weight is 421 g/mol. The summed E-state index contributed by atoms with van der Waals surface area (Å²) in [5, 5.41) is 3.49. The fourth-order valence-electron chi connectivity index (χ4n) is 5.02. The number of hydrogen-bond donors (Lipinski definition) is 1. The standard InChI is InChI=1S/C24H28N4O3/c1-2-27-21-11-6-4-9-19(21)24(23(27)30)25-20-10-5-3-8-18(20)22(29)28(24)13-7-12-26-14-16-31-17-15-26/h3-6,8-11,25H,2,7,12-17H2,1H3/t24-/m1/s1. The monoisotopic (exact) mass is 420 g/mol. The predicted octanol–water partition coefficient (Wildman–Crippen LogP) is 2.50. The van der Waals surface area contributed by atoms with E-state index >= 15 is 0 Å². The van der Waals surface area contributed by atoms with Crippen molar-refractivity contribution in [2.24, 2.45) is 0 Å². The third kappa shape index (κ3) is 3.11. The Morgan fingerprint density at radius 2 is 1.74 bits per heavy atom. The number of fused-ring (bicyclic) bond motifs is 3. The highest BCUT2D eigenvalue weighted by Crippen LogP contribution is 2.47. The quantitative estimate of drug-likeness (QED) is 0.805. The van der Waals surface area contributed by atoms with E-state index in [4.69, 9.17) is 4.74 Å². The van der Waals surface area contributed by atoms with E-state index in [1.165, 1.54) is 0 Å². The number of carbonyl (C=O) groups is 2. The van der Waals surface area contributed by atoms with Crippen LogP contribution >= 0.6 is 0 Å². The van der Waals surface area contributed by atoms with Gasteiger partial charge in [-0.2, -0.15) is 0 Å². The molecule has 2 aromatic carbocycles. The van der Waals surface area contributed by atoms with Crippen LogP contribution in [0.15, 0.2) is 48.5 Å². The maximum atomic E-state index is 13.8. The molecule has 0 unspecified atom stereocenters. The molecule has 2 aromatic rings. The molecule has 2 amide bonds. The number of benzene rings is 2. The molecule has 0 saturated carbocycles. The van der Waals surface area contributed by atoms with Gasteiger partial charge in [0.1, 0.15) is 0 Å². The van der Waals surface area contributed by atoms with Crippen LogP contribution in [0.5, 0.6) is 0 Å². The molecule has 162 valence electrons. The number of carbonyl (C=O) groups excluding carboxylic acids is 2. The van der Waals surface area contributed by atoms with Gasteiger partial charge in [-0.15, -0.1) is 0 Å². The molecule has 0 radical (unpaired) electrons. The zero-order chi connectivity index (χ0) is 21.4. The van der Waals surface area contributed by atoms with Crippen molar-refractivity contribution in [3.63, 3.8) is 0 Å². The SMILES string of the molecule is CCN1C(=O)[C@@]2(Nc3ccccc3C(=O)N2CCCN2CCOCC2)c2ccccc21. The van der Waals surface area contributed by atoms with Crippen LogP contribution in [-0.4, -0.2) is 67.6 Å². The Kier molecular flexibility index (Phi) is 5.16. The highest BCUT2D eigenvalue weighted by Gasteiger charge is 2.58. The molecule has 0 aromatic heterocycles. The molecule has 7 heteroatoms. The minimum atomic E-state index is -1.21. The molecule has 7 nitrogen and oxygen atoms in total. The Hall–Kier alpha value is -2.90. The van der Waals surface area contributed by atoms with Crippen molar-refractivity contribution in [1.29, 1.82) is 0 Å². The number of morpholine rings is 1. The lowest BCUT2D eigenvalue weighted by atomic mass is 9.92. The number of para-hydroxylation sites is 2. The largest absolute Gasteiger partial charge is 0.379 e. The maximum absolute atomic E-state index is 13.8. The van der Waals surface area contributed by atoms with Crippen LogP contribution in [0.25, 0.3) is 0 Å². The molecular weight excluding hydrogens is 392 g/mol. The number of nitrogens with one attached hydrogen (secondary N) is 1. The van der Waals surface area contributed by atoms with Gasteiger partial charge >= 0.3 is 0 Å². The summed E-state index contributed by atoms with van der Waals surface area (Å²) in [6.45, 7) is 7.20. The fraction of sp³-hybridized carbons (Fsp3) is 0.417. The lowest BCUT2D eigenvalue weighted by molar-refractivity contribution is -0.127. The van der Waals surface area contributed by atoms with Gasteiger partial charge < -0.3 is 19.9 Å². The third-order valence-electron chi connectivity index (χ3n) is 6.54. The summed E-state index contributed by atoms with van der Waals surface area (Å²) >= 11 is 0. The van der Waals surface area contributed by atoms with Crippen LogP contribution < -0.4 is 10.2 Å². The van der Waals surface area contributed by atoms with Gasteiger partial charge in [-0.05, 0) is 31.5 Å². The second kappa shape index (κ2) is 7.98. The van der Waals surface area contributed by atoms with Crippen molar-refractivity contribution in [1.82, 2.24) is 9.80 Å². The lowest BCUT2D eigenvalue weighted by Gasteiger charge is -2.45. The van der Waals surface area contributed by atoms with Gasteiger partial charge in [0, 0.05) is 44.0 Å². The van der Waals surface area contributed by atoms with Gasteiger partial charge in [-0.3, -0.25) is 14.5 Å². The zero-order valence-corrected chi connectivity index (χ0v) is 17.8. The van der Waals surface area contributed by atoms with Crippen LogP contribution in [0.2, 0.25) is 0 Å². The van der Waals surface area contributed by atoms with Crippen LogP contribution in [-0.2, 0) is 15.2 Å². The number of anilines is 2. The molecule has 1 fully saturated rings. The molecule has 1 N–H and O–H groups in total. The van der Waals surface area contributed by atoms with Crippen molar-refractivity contribution in [3.05, 3.63) is 59.7 Å². The highest BCUT2D eigenvalue weighted by atomic mass is 16.5. The van der Waals surface area contributed by atoms with Gasteiger partial charge in [-0.1, -0.05) is 30.3 Å². The summed E-state index contributed by atoms with van der Waals surface area (Å²) < 4.78 is 5.44. The number of likely N-dealkylation sites (N-methyl/N-ethyl adjacent to an activating group) is 1. The Morgan fingerprint density at radius 3 is 2.55 bits per heavy atom. The van der Waals surface area contributed by atoms with Crippen LogP contribution in [0.4, 0.5) is 11.4 Å². The maximum Gasteiger partial charge on any atom is 0.278 e. The van der Waals surface area contributed by atoms with Crippen molar-refractivity contribution in [2.75, 3.05) is 56.2 Å². The van der Waals surface area contributed by atoms with Gasteiger partial charge in [0.25, 0.3) is 11.8 Å². The van der Waals surface area contributed by atoms with Gasteiger partial charge in [-0.25, -0.2) is 0 Å². The average Bonchev–Trinajstić information content (AvgIpc) is 3.04. The minimum Gasteiger partial charge on any atom is -0.379 e. The molecule has 31 heavy (non-hydrogen) atoms. The Labute approximate surface area is 182 Å². The van der Waals surface area contributed by atoms with Crippen molar-refractivity contribution in [2.45, 2.75) is 19.0 Å². The van der Waals surface area contributed by atoms with Crippen LogP contribution in [0, 0.1) is 0 Å². The Morgan fingerprint density at radius 1 is 1.00 bits per heavy atom. The predicted molar refractivity (Wildman–Crippen MR) is 119 cm³/mol. The summed E-state index contributed by atoms with van der Waals surface area (Å²) in [5.41, 5.74) is 1.82. The Balaban J connectivity index is 1.53. The Bertz CT molecular complexity index is 1000. The van der Waals surface area contributed by atoms with E-state index in [0.29, 0.717) is 24.3 Å². The summed E-state index contributed by atoms with van der Waals surface area (Å²) in [6, 6.07) is 15.3. The van der Waals surface area contributed by atoms with Gasteiger partial charge in [0.05, 0.1) is 24.5 Å².